The molecule has 2 fully saturated rings. The molecule has 146 valence electrons. The van der Waals surface area contributed by atoms with Crippen molar-refractivity contribution in [2.24, 2.45) is 0 Å². The van der Waals surface area contributed by atoms with E-state index in [4.69, 9.17) is 0 Å². The molecule has 1 aromatic heterocycles. The fourth-order valence-corrected chi connectivity index (χ4v) is 4.12. The second-order valence-corrected chi connectivity index (χ2v) is 8.17. The molecule has 2 saturated heterocycles. The number of carbonyl (C=O) groups excluding carboxylic acids is 2. The molecule has 2 aromatic rings. The number of halogens is 1. The minimum atomic E-state index is -0.450. The molecule has 1 aromatic carbocycles. The summed E-state index contributed by atoms with van der Waals surface area (Å²) >= 11 is 3.38. The van der Waals surface area contributed by atoms with Crippen LogP contribution in [0.5, 0.6) is 0 Å². The van der Waals surface area contributed by atoms with Gasteiger partial charge in [-0.1, -0.05) is 15.9 Å². The number of hydrogen-bond donors (Lipinski definition) is 1. The lowest BCUT2D eigenvalue weighted by atomic mass is 10.1. The summed E-state index contributed by atoms with van der Waals surface area (Å²) in [6.45, 7) is 2.67. The summed E-state index contributed by atoms with van der Waals surface area (Å²) in [6, 6.07) is 10.6. The summed E-state index contributed by atoms with van der Waals surface area (Å²) in [4.78, 5) is 34.0. The van der Waals surface area contributed by atoms with Gasteiger partial charge in [-0.25, -0.2) is 4.98 Å². The molecule has 0 spiro atoms. The van der Waals surface area contributed by atoms with Crippen LogP contribution in [0.1, 0.15) is 36.0 Å². The fourth-order valence-electron chi connectivity index (χ4n) is 3.86. The van der Waals surface area contributed by atoms with Crippen molar-refractivity contribution < 1.29 is 9.59 Å². The molecule has 0 aliphatic carbocycles. The number of rotatable bonds is 4. The number of pyridine rings is 1. The Balaban J connectivity index is 1.41. The van der Waals surface area contributed by atoms with Gasteiger partial charge in [0, 0.05) is 29.7 Å². The summed E-state index contributed by atoms with van der Waals surface area (Å²) in [5, 5.41) is 2.93. The van der Waals surface area contributed by atoms with Crippen LogP contribution < -0.4 is 10.2 Å². The second kappa shape index (κ2) is 8.31. The first kappa shape index (κ1) is 18.9. The number of aromatic nitrogens is 1. The van der Waals surface area contributed by atoms with E-state index in [1.807, 2.05) is 24.3 Å². The Morgan fingerprint density at radius 1 is 1.00 bits per heavy atom. The van der Waals surface area contributed by atoms with Gasteiger partial charge in [-0.3, -0.25) is 9.59 Å². The van der Waals surface area contributed by atoms with Crippen LogP contribution >= 0.6 is 15.9 Å². The van der Waals surface area contributed by atoms with Crippen LogP contribution in [0, 0.1) is 0 Å². The quantitative estimate of drug-likeness (QED) is 0.783. The van der Waals surface area contributed by atoms with Crippen molar-refractivity contribution in [2.45, 2.75) is 31.7 Å². The maximum atomic E-state index is 12.8. The smallest absolute Gasteiger partial charge is 0.254 e. The lowest BCUT2D eigenvalue weighted by Crippen LogP contribution is -2.43. The molecule has 3 heterocycles. The van der Waals surface area contributed by atoms with E-state index in [0.29, 0.717) is 24.2 Å². The van der Waals surface area contributed by atoms with Crippen LogP contribution in [0.15, 0.2) is 47.1 Å². The van der Waals surface area contributed by atoms with Crippen molar-refractivity contribution in [2.75, 3.05) is 29.9 Å². The third-order valence-electron chi connectivity index (χ3n) is 5.35. The van der Waals surface area contributed by atoms with E-state index in [1.54, 1.807) is 23.2 Å². The molecule has 0 bridgehead atoms. The Kier molecular flexibility index (Phi) is 5.62. The van der Waals surface area contributed by atoms with Gasteiger partial charge in [-0.2, -0.15) is 0 Å². The topological polar surface area (TPSA) is 65.5 Å². The zero-order valence-corrected chi connectivity index (χ0v) is 17.2. The minimum absolute atomic E-state index is 0.104. The molecule has 4 rings (SSSR count). The van der Waals surface area contributed by atoms with Crippen LogP contribution in [0.3, 0.4) is 0 Å². The maximum absolute atomic E-state index is 12.8. The number of anilines is 2. The highest BCUT2D eigenvalue weighted by Crippen LogP contribution is 2.23. The summed E-state index contributed by atoms with van der Waals surface area (Å²) < 4.78 is 0.921. The number of hydrogen-bond acceptors (Lipinski definition) is 4. The van der Waals surface area contributed by atoms with E-state index in [0.717, 1.165) is 29.8 Å². The maximum Gasteiger partial charge on any atom is 0.254 e. The van der Waals surface area contributed by atoms with Crippen molar-refractivity contribution in [3.8, 4) is 0 Å². The average molecular weight is 443 g/mol. The lowest BCUT2D eigenvalue weighted by Gasteiger charge is -2.24. The molecule has 0 saturated carbocycles. The van der Waals surface area contributed by atoms with Crippen molar-refractivity contribution in [1.29, 1.82) is 0 Å². The fraction of sp³-hybridized carbons (Fsp3) is 0.381. The largest absolute Gasteiger partial charge is 0.357 e. The number of amides is 2. The molecule has 2 aliphatic rings. The van der Waals surface area contributed by atoms with Gasteiger partial charge < -0.3 is 15.1 Å². The normalized spacial score (nSPS) is 19.1. The second-order valence-electron chi connectivity index (χ2n) is 7.25. The molecular formula is C21H23BrN4O2. The van der Waals surface area contributed by atoms with Crippen LogP contribution in [0.4, 0.5) is 11.5 Å². The Labute approximate surface area is 173 Å². The van der Waals surface area contributed by atoms with Gasteiger partial charge >= 0.3 is 0 Å². The van der Waals surface area contributed by atoms with Gasteiger partial charge in [0.2, 0.25) is 5.91 Å². The Bertz CT molecular complexity index is 848. The van der Waals surface area contributed by atoms with Crippen molar-refractivity contribution in [3.05, 3.63) is 52.6 Å². The summed E-state index contributed by atoms with van der Waals surface area (Å²) in [5.74, 6) is 0.690. The predicted octanol–water partition coefficient (Wildman–Crippen LogP) is 3.69. The first-order chi connectivity index (χ1) is 13.6. The zero-order chi connectivity index (χ0) is 19.5. The summed E-state index contributed by atoms with van der Waals surface area (Å²) in [7, 11) is 0. The molecule has 1 atom stereocenters. The van der Waals surface area contributed by atoms with E-state index < -0.39 is 6.04 Å². The molecule has 2 aliphatic heterocycles. The van der Waals surface area contributed by atoms with E-state index in [9.17, 15) is 9.59 Å². The molecule has 1 N–H and O–H groups in total. The molecule has 6 nitrogen and oxygen atoms in total. The molecule has 7 heteroatoms. The van der Waals surface area contributed by atoms with Gasteiger partial charge in [0.15, 0.2) is 0 Å². The Morgan fingerprint density at radius 3 is 2.43 bits per heavy atom. The van der Waals surface area contributed by atoms with Crippen molar-refractivity contribution in [3.63, 3.8) is 0 Å². The molecule has 28 heavy (non-hydrogen) atoms. The minimum Gasteiger partial charge on any atom is -0.357 e. The average Bonchev–Trinajstić information content (AvgIpc) is 3.41. The molecule has 2 amide bonds. The third kappa shape index (κ3) is 4.04. The predicted molar refractivity (Wildman–Crippen MR) is 113 cm³/mol. The van der Waals surface area contributed by atoms with E-state index in [-0.39, 0.29) is 11.8 Å². The number of carbonyl (C=O) groups is 2. The van der Waals surface area contributed by atoms with Crippen LogP contribution in [0.2, 0.25) is 0 Å². The van der Waals surface area contributed by atoms with E-state index >= 15 is 0 Å². The van der Waals surface area contributed by atoms with Gasteiger partial charge in [0.25, 0.3) is 5.91 Å². The molecular weight excluding hydrogens is 420 g/mol. The SMILES string of the molecule is O=C(Nc1ccc(N2CCCC2)nc1)C1CCCN1C(=O)c1ccc(Br)cc1. The highest BCUT2D eigenvalue weighted by Gasteiger charge is 2.34. The van der Waals surface area contributed by atoms with Gasteiger partial charge in [0.1, 0.15) is 11.9 Å². The zero-order valence-electron chi connectivity index (χ0n) is 15.6. The summed E-state index contributed by atoms with van der Waals surface area (Å²) in [5.41, 5.74) is 1.26. The first-order valence-electron chi connectivity index (χ1n) is 9.70. The standard InChI is InChI=1S/C21H23BrN4O2/c22-16-7-5-15(6-8-16)21(28)26-13-3-4-18(26)20(27)24-17-9-10-19(23-14-17)25-11-1-2-12-25/h5-10,14,18H,1-4,11-13H2,(H,24,27). The van der Waals surface area contributed by atoms with Gasteiger partial charge in [0.05, 0.1) is 11.9 Å². The number of likely N-dealkylation sites (tertiary alicyclic amines) is 1. The molecule has 1 unspecified atom stereocenters. The van der Waals surface area contributed by atoms with E-state index in [1.165, 1.54) is 12.8 Å². The first-order valence-corrected chi connectivity index (χ1v) is 10.5. The van der Waals surface area contributed by atoms with Crippen molar-refractivity contribution in [1.82, 2.24) is 9.88 Å². The number of nitrogens with one attached hydrogen (secondary N) is 1. The number of nitrogens with zero attached hydrogens (tertiary/aromatic N) is 3. The van der Waals surface area contributed by atoms with Crippen LogP contribution in [-0.4, -0.2) is 47.4 Å². The van der Waals surface area contributed by atoms with Gasteiger partial charge in [-0.15, -0.1) is 0 Å². The Hall–Kier alpha value is -2.41. The highest BCUT2D eigenvalue weighted by atomic mass is 79.9. The lowest BCUT2D eigenvalue weighted by molar-refractivity contribution is -0.119. The molecule has 0 radical (unpaired) electrons. The number of benzene rings is 1. The van der Waals surface area contributed by atoms with Gasteiger partial charge in [-0.05, 0) is 62.1 Å². The summed E-state index contributed by atoms with van der Waals surface area (Å²) in [6.07, 6.45) is 5.59. The van der Waals surface area contributed by atoms with Crippen LogP contribution in [0.25, 0.3) is 0 Å². The van der Waals surface area contributed by atoms with Crippen LogP contribution in [-0.2, 0) is 4.79 Å². The third-order valence-corrected chi connectivity index (χ3v) is 5.88. The monoisotopic (exact) mass is 442 g/mol. The van der Waals surface area contributed by atoms with Crippen molar-refractivity contribution >= 4 is 39.2 Å². The van der Waals surface area contributed by atoms with E-state index in [2.05, 4.69) is 31.1 Å². The highest BCUT2D eigenvalue weighted by molar-refractivity contribution is 9.10. The Morgan fingerprint density at radius 2 is 1.75 bits per heavy atom.